The topological polar surface area (TPSA) is 161 Å². The Hall–Kier alpha value is -6.74. The molecule has 14 nitrogen and oxygen atoms in total. The van der Waals surface area contributed by atoms with Crippen LogP contribution < -0.4 is 19.3 Å². The molecule has 4 fully saturated rings. The summed E-state index contributed by atoms with van der Waals surface area (Å²) in [5.74, 6) is -0.119. The average molecular weight is 901 g/mol. The molecule has 2 spiro atoms. The maximum Gasteiger partial charge on any atom is 0.573 e. The molecule has 0 radical (unpaired) electrons. The highest BCUT2D eigenvalue weighted by atomic mass is 19.4. The van der Waals surface area contributed by atoms with Crippen molar-refractivity contribution in [1.82, 2.24) is 29.9 Å². The number of alkyl halides is 6. The summed E-state index contributed by atoms with van der Waals surface area (Å²) in [6.45, 7) is 0.570. The van der Waals surface area contributed by atoms with Crippen LogP contribution in [0, 0.1) is 11.9 Å². The first-order chi connectivity index (χ1) is 30.4. The summed E-state index contributed by atoms with van der Waals surface area (Å²) in [5, 5.41) is 0. The molecule has 0 bridgehead atoms. The normalized spacial score (nSPS) is 23.7. The van der Waals surface area contributed by atoms with E-state index in [1.165, 1.54) is 70.5 Å². The maximum absolute atomic E-state index is 13.5. The summed E-state index contributed by atoms with van der Waals surface area (Å²) in [6.07, 6.45) is -5.64. The molecule has 6 aromatic rings. The number of pyridine rings is 2. The summed E-state index contributed by atoms with van der Waals surface area (Å²) < 4.78 is 121. The quantitative estimate of drug-likeness (QED) is 0.122. The minimum atomic E-state index is -4.76. The number of rotatable bonds is 6. The highest BCUT2D eigenvalue weighted by Gasteiger charge is 2.50. The number of aromatic nitrogens is 6. The molecule has 336 valence electrons. The Morgan fingerprint density at radius 3 is 1.33 bits per heavy atom. The van der Waals surface area contributed by atoms with Crippen molar-refractivity contribution in [2.45, 2.75) is 87.1 Å². The first kappa shape index (κ1) is 42.6. The number of fused-ring (bicyclic) bond motifs is 2. The van der Waals surface area contributed by atoms with Crippen molar-refractivity contribution in [3.63, 3.8) is 0 Å². The molecule has 2 amide bonds. The molecule has 10 rings (SSSR count). The second kappa shape index (κ2) is 16.1. The number of hydrogen-bond donors (Lipinski definition) is 2. The largest absolute Gasteiger partial charge is 0.573 e. The minimum absolute atomic E-state index is 0.0417. The Morgan fingerprint density at radius 2 is 0.969 bits per heavy atom. The fraction of sp³-hybridized carbons (Fsp3) is 0.381. The third-order valence-corrected chi connectivity index (χ3v) is 11.9. The van der Waals surface area contributed by atoms with Gasteiger partial charge in [0, 0.05) is 24.0 Å². The van der Waals surface area contributed by atoms with Gasteiger partial charge in [0.2, 0.25) is 11.9 Å². The van der Waals surface area contributed by atoms with Crippen LogP contribution in [0.15, 0.2) is 72.8 Å². The number of benzene rings is 2. The molecule has 4 aliphatic rings. The predicted octanol–water partition coefficient (Wildman–Crippen LogP) is 10.1. The van der Waals surface area contributed by atoms with Crippen molar-refractivity contribution in [3.05, 3.63) is 96.3 Å². The van der Waals surface area contributed by atoms with E-state index in [1.807, 2.05) is 0 Å². The third-order valence-electron chi connectivity index (χ3n) is 11.9. The van der Waals surface area contributed by atoms with E-state index in [-0.39, 0.29) is 48.1 Å². The van der Waals surface area contributed by atoms with Gasteiger partial charge in [-0.2, -0.15) is 8.78 Å². The number of nitrogens with one attached hydrogen (secondary N) is 2. The Balaban J connectivity index is 0.000000162. The second-order valence-corrected chi connectivity index (χ2v) is 16.2. The van der Waals surface area contributed by atoms with Crippen molar-refractivity contribution in [2.75, 3.05) is 22.9 Å². The number of carbonyl (C=O) groups excluding carboxylic acids is 2. The van der Waals surface area contributed by atoms with Gasteiger partial charge in [-0.3, -0.25) is 9.80 Å². The standard InChI is InChI=1S/2C21H18F4N4O3/c2*22-16-2-1-3-17(28-16)29-11-20(32-19(29)30)8-6-12(7-9-20)18-26-14-5-4-13(10-15(14)27-18)31-21(23,24)25/h2*1-5,10,12H,6-9,11H2,(H,26,27). The number of hydrogen-bond acceptors (Lipinski definition) is 10. The molecule has 0 atom stereocenters. The Morgan fingerprint density at radius 1 is 0.578 bits per heavy atom. The number of amides is 2. The highest BCUT2D eigenvalue weighted by Crippen LogP contribution is 2.45. The van der Waals surface area contributed by atoms with Gasteiger partial charge in [-0.25, -0.2) is 29.5 Å². The fourth-order valence-electron chi connectivity index (χ4n) is 8.85. The molecule has 0 unspecified atom stereocenters. The first-order valence-corrected chi connectivity index (χ1v) is 20.2. The average Bonchev–Trinajstić information content (AvgIpc) is 4.00. The van der Waals surface area contributed by atoms with E-state index in [0.717, 1.165) is 0 Å². The van der Waals surface area contributed by atoms with Gasteiger partial charge in [0.1, 0.15) is 46.0 Å². The minimum Gasteiger partial charge on any atom is -0.441 e. The zero-order valence-electron chi connectivity index (χ0n) is 33.3. The number of H-pyrrole nitrogens is 2. The smallest absolute Gasteiger partial charge is 0.441 e. The zero-order chi connectivity index (χ0) is 45.0. The van der Waals surface area contributed by atoms with Gasteiger partial charge in [0.25, 0.3) is 0 Å². The third kappa shape index (κ3) is 9.16. The van der Waals surface area contributed by atoms with Crippen LogP contribution in [0.25, 0.3) is 22.1 Å². The van der Waals surface area contributed by atoms with E-state index in [0.29, 0.717) is 85.1 Å². The molecule has 2 aliphatic carbocycles. The molecule has 2 aromatic carbocycles. The van der Waals surface area contributed by atoms with Gasteiger partial charge in [-0.15, -0.1) is 26.3 Å². The highest BCUT2D eigenvalue weighted by molar-refractivity contribution is 5.90. The van der Waals surface area contributed by atoms with Crippen LogP contribution in [0.2, 0.25) is 0 Å². The lowest BCUT2D eigenvalue weighted by molar-refractivity contribution is -0.275. The van der Waals surface area contributed by atoms with Crippen LogP contribution in [-0.4, -0.2) is 79.1 Å². The fourth-order valence-corrected chi connectivity index (χ4v) is 8.85. The van der Waals surface area contributed by atoms with Crippen LogP contribution in [0.5, 0.6) is 11.5 Å². The number of halogens is 8. The van der Waals surface area contributed by atoms with Crippen LogP contribution in [-0.2, 0) is 9.47 Å². The lowest BCUT2D eigenvalue weighted by Gasteiger charge is -2.34. The van der Waals surface area contributed by atoms with E-state index >= 15 is 0 Å². The first-order valence-electron chi connectivity index (χ1n) is 20.2. The van der Waals surface area contributed by atoms with E-state index in [1.54, 1.807) is 12.1 Å². The summed E-state index contributed by atoms with van der Waals surface area (Å²) in [5.41, 5.74) is 0.647. The van der Waals surface area contributed by atoms with Crippen LogP contribution in [0.4, 0.5) is 56.3 Å². The number of carbonyl (C=O) groups is 2. The van der Waals surface area contributed by atoms with Crippen molar-refractivity contribution in [1.29, 1.82) is 0 Å². The molecule has 2 saturated carbocycles. The van der Waals surface area contributed by atoms with Crippen molar-refractivity contribution in [3.8, 4) is 11.5 Å². The van der Waals surface area contributed by atoms with Crippen molar-refractivity contribution >= 4 is 45.9 Å². The Bertz CT molecular complexity index is 2530. The van der Waals surface area contributed by atoms with Crippen molar-refractivity contribution < 1.29 is 63.7 Å². The molecule has 4 aromatic heterocycles. The molecule has 22 heteroatoms. The monoisotopic (exact) mass is 900 g/mol. The van der Waals surface area contributed by atoms with Gasteiger partial charge in [-0.1, -0.05) is 12.1 Å². The molecule has 64 heavy (non-hydrogen) atoms. The van der Waals surface area contributed by atoms with Crippen LogP contribution in [0.1, 0.15) is 74.9 Å². The van der Waals surface area contributed by atoms with E-state index in [9.17, 15) is 44.7 Å². The molecule has 6 heterocycles. The number of nitrogens with zero attached hydrogens (tertiary/aromatic N) is 6. The van der Waals surface area contributed by atoms with Gasteiger partial charge in [0.15, 0.2) is 0 Å². The molecule has 2 N–H and O–H groups in total. The number of aromatic amines is 2. The number of ether oxygens (including phenoxy) is 4. The molecule has 2 aliphatic heterocycles. The second-order valence-electron chi connectivity index (χ2n) is 16.2. The molecular formula is C42H36F8N8O6. The zero-order valence-corrected chi connectivity index (χ0v) is 33.3. The summed E-state index contributed by atoms with van der Waals surface area (Å²) in [4.78, 5) is 50.2. The maximum atomic E-state index is 13.5. The molecule has 2 saturated heterocycles. The molecular weight excluding hydrogens is 864 g/mol. The van der Waals surface area contributed by atoms with Crippen LogP contribution in [0.3, 0.4) is 0 Å². The van der Waals surface area contributed by atoms with E-state index in [2.05, 4.69) is 39.4 Å². The lowest BCUT2D eigenvalue weighted by atomic mass is 9.78. The SMILES string of the molecule is O=C1OC2(CCC(c3nc4ccc(OC(F)(F)F)cc4[nH]3)CC2)CN1c1cccc(F)n1.O=C1OC2(CCC(c3nc4ccc(OC(F)(F)F)cc4[nH]3)CC2)CN1c1cccc(F)n1. The lowest BCUT2D eigenvalue weighted by Crippen LogP contribution is -2.38. The van der Waals surface area contributed by atoms with Gasteiger partial charge in [-0.05, 0) is 99.9 Å². The van der Waals surface area contributed by atoms with Gasteiger partial charge < -0.3 is 28.9 Å². The summed E-state index contributed by atoms with van der Waals surface area (Å²) in [7, 11) is 0. The summed E-state index contributed by atoms with van der Waals surface area (Å²) >= 11 is 0. The van der Waals surface area contributed by atoms with E-state index in [4.69, 9.17) is 9.47 Å². The predicted molar refractivity (Wildman–Crippen MR) is 209 cm³/mol. The number of anilines is 2. The van der Waals surface area contributed by atoms with Crippen LogP contribution >= 0.6 is 0 Å². The Labute approximate surface area is 356 Å². The van der Waals surface area contributed by atoms with E-state index < -0.39 is 48.0 Å². The Kier molecular flexibility index (Phi) is 10.7. The van der Waals surface area contributed by atoms with Crippen molar-refractivity contribution in [2.24, 2.45) is 0 Å². The number of imidazole rings is 2. The van der Waals surface area contributed by atoms with Gasteiger partial charge >= 0.3 is 24.9 Å². The summed E-state index contributed by atoms with van der Waals surface area (Å²) in [6, 6.07) is 16.4. The van der Waals surface area contributed by atoms with Gasteiger partial charge in [0.05, 0.1) is 35.2 Å².